The first-order chi connectivity index (χ1) is 13.1. The summed E-state index contributed by atoms with van der Waals surface area (Å²) in [5.41, 5.74) is 0.991. The summed E-state index contributed by atoms with van der Waals surface area (Å²) in [5.74, 6) is 1.52. The molecule has 1 unspecified atom stereocenters. The molecule has 1 saturated carbocycles. The lowest BCUT2D eigenvalue weighted by Gasteiger charge is -2.31. The van der Waals surface area contributed by atoms with Crippen LogP contribution in [0.1, 0.15) is 83.1 Å². The van der Waals surface area contributed by atoms with Crippen LogP contribution in [0.2, 0.25) is 0 Å². The number of aldehydes is 1. The molecule has 1 aromatic carbocycles. The van der Waals surface area contributed by atoms with E-state index in [0.717, 1.165) is 50.4 Å². The third kappa shape index (κ3) is 6.60. The van der Waals surface area contributed by atoms with Crippen LogP contribution in [-0.4, -0.2) is 18.0 Å². The summed E-state index contributed by atoms with van der Waals surface area (Å²) in [5, 5.41) is 0. The van der Waals surface area contributed by atoms with Crippen LogP contribution in [0.4, 0.5) is 0 Å². The van der Waals surface area contributed by atoms with Gasteiger partial charge < -0.3 is 9.53 Å². The lowest BCUT2D eigenvalue weighted by Crippen LogP contribution is -2.22. The van der Waals surface area contributed by atoms with Crippen LogP contribution in [0.3, 0.4) is 0 Å². The zero-order valence-corrected chi connectivity index (χ0v) is 16.6. The van der Waals surface area contributed by atoms with Crippen molar-refractivity contribution in [2.45, 2.75) is 77.6 Å². The van der Waals surface area contributed by atoms with E-state index in [1.807, 2.05) is 26.0 Å². The second kappa shape index (κ2) is 11.0. The summed E-state index contributed by atoms with van der Waals surface area (Å²) in [6.07, 6.45) is 8.80. The van der Waals surface area contributed by atoms with Gasteiger partial charge in [0.2, 0.25) is 0 Å². The van der Waals surface area contributed by atoms with Crippen molar-refractivity contribution in [2.24, 2.45) is 11.8 Å². The SMILES string of the molecule is CCCC(=O)Oc1ccc(C(C=O)C2CCC(CCC(=O)CC)CC2)cc1. The number of carbonyl (C=O) groups excluding carboxylic acids is 3. The van der Waals surface area contributed by atoms with Gasteiger partial charge >= 0.3 is 5.97 Å². The Kier molecular flexibility index (Phi) is 8.70. The highest BCUT2D eigenvalue weighted by atomic mass is 16.5. The number of hydrogen-bond acceptors (Lipinski definition) is 4. The highest BCUT2D eigenvalue weighted by Gasteiger charge is 2.28. The minimum absolute atomic E-state index is 0.108. The lowest BCUT2D eigenvalue weighted by atomic mass is 9.73. The van der Waals surface area contributed by atoms with Crippen LogP contribution in [0.5, 0.6) is 5.75 Å². The molecule has 1 aliphatic carbocycles. The van der Waals surface area contributed by atoms with Gasteiger partial charge in [-0.15, -0.1) is 0 Å². The van der Waals surface area contributed by atoms with E-state index < -0.39 is 0 Å². The molecule has 1 aromatic rings. The Hall–Kier alpha value is -1.97. The molecular formula is C23H32O4. The van der Waals surface area contributed by atoms with Crippen LogP contribution in [0, 0.1) is 11.8 Å². The maximum Gasteiger partial charge on any atom is 0.311 e. The van der Waals surface area contributed by atoms with Crippen molar-refractivity contribution in [3.05, 3.63) is 29.8 Å². The molecule has 1 atom stereocenters. The average Bonchev–Trinajstić information content (AvgIpc) is 2.69. The zero-order valence-electron chi connectivity index (χ0n) is 16.6. The van der Waals surface area contributed by atoms with Gasteiger partial charge in [-0.05, 0) is 55.2 Å². The predicted molar refractivity (Wildman–Crippen MR) is 106 cm³/mol. The van der Waals surface area contributed by atoms with Gasteiger partial charge in [-0.3, -0.25) is 9.59 Å². The third-order valence-electron chi connectivity index (χ3n) is 5.72. The summed E-state index contributed by atoms with van der Waals surface area (Å²) in [6.45, 7) is 3.86. The fraction of sp³-hybridized carbons (Fsp3) is 0.609. The van der Waals surface area contributed by atoms with Crippen molar-refractivity contribution in [3.8, 4) is 5.75 Å². The van der Waals surface area contributed by atoms with E-state index in [4.69, 9.17) is 4.74 Å². The summed E-state index contributed by atoms with van der Waals surface area (Å²) >= 11 is 0. The van der Waals surface area contributed by atoms with Gasteiger partial charge in [0.15, 0.2) is 0 Å². The van der Waals surface area contributed by atoms with E-state index >= 15 is 0 Å². The van der Waals surface area contributed by atoms with E-state index in [1.54, 1.807) is 12.1 Å². The first-order valence-electron chi connectivity index (χ1n) is 10.3. The maximum absolute atomic E-state index is 11.8. The fourth-order valence-corrected chi connectivity index (χ4v) is 3.98. The molecule has 148 valence electrons. The summed E-state index contributed by atoms with van der Waals surface area (Å²) in [6, 6.07) is 7.36. The first-order valence-corrected chi connectivity index (χ1v) is 10.3. The van der Waals surface area contributed by atoms with Gasteiger partial charge in [0, 0.05) is 25.2 Å². The van der Waals surface area contributed by atoms with Gasteiger partial charge in [-0.1, -0.05) is 38.8 Å². The second-order valence-corrected chi connectivity index (χ2v) is 7.67. The van der Waals surface area contributed by atoms with E-state index in [9.17, 15) is 14.4 Å². The van der Waals surface area contributed by atoms with Crippen LogP contribution >= 0.6 is 0 Å². The molecule has 27 heavy (non-hydrogen) atoms. The molecule has 4 heteroatoms. The monoisotopic (exact) mass is 372 g/mol. The first kappa shape index (κ1) is 21.3. The molecule has 0 radical (unpaired) electrons. The molecule has 0 aliphatic heterocycles. The average molecular weight is 373 g/mol. The number of benzene rings is 1. The molecule has 0 heterocycles. The Bertz CT molecular complexity index is 612. The van der Waals surface area contributed by atoms with Crippen LogP contribution < -0.4 is 4.74 Å². The molecule has 4 nitrogen and oxygen atoms in total. The van der Waals surface area contributed by atoms with Gasteiger partial charge in [0.25, 0.3) is 0 Å². The Morgan fingerprint density at radius 2 is 1.74 bits per heavy atom. The fourth-order valence-electron chi connectivity index (χ4n) is 3.98. The molecule has 1 fully saturated rings. The van der Waals surface area contributed by atoms with Crippen molar-refractivity contribution < 1.29 is 19.1 Å². The molecule has 0 saturated heterocycles. The molecule has 0 spiro atoms. The number of Topliss-reactive ketones (excluding diaryl/α,β-unsaturated/α-hetero) is 1. The van der Waals surface area contributed by atoms with Gasteiger partial charge in [0.1, 0.15) is 17.8 Å². The van der Waals surface area contributed by atoms with Crippen LogP contribution in [-0.2, 0) is 14.4 Å². The third-order valence-corrected chi connectivity index (χ3v) is 5.72. The number of carbonyl (C=O) groups is 3. The standard InChI is InChI=1S/C23H32O4/c1-3-5-23(26)27-21-14-11-19(12-15-21)22(16-24)18-9-6-17(7-10-18)8-13-20(25)4-2/h11-12,14-18,22H,3-10,13H2,1-2H3. The van der Waals surface area contributed by atoms with Gasteiger partial charge in [-0.25, -0.2) is 0 Å². The molecule has 1 aliphatic rings. The zero-order chi connectivity index (χ0) is 19.6. The minimum Gasteiger partial charge on any atom is -0.427 e. The maximum atomic E-state index is 11.8. The minimum atomic E-state index is -0.225. The van der Waals surface area contributed by atoms with Crippen LogP contribution in [0.15, 0.2) is 24.3 Å². The van der Waals surface area contributed by atoms with Crippen molar-refractivity contribution in [1.29, 1.82) is 0 Å². The van der Waals surface area contributed by atoms with Crippen LogP contribution in [0.25, 0.3) is 0 Å². The lowest BCUT2D eigenvalue weighted by molar-refractivity contribution is -0.134. The van der Waals surface area contributed by atoms with Gasteiger partial charge in [-0.2, -0.15) is 0 Å². The van der Waals surface area contributed by atoms with E-state index in [2.05, 4.69) is 0 Å². The van der Waals surface area contributed by atoms with Crippen molar-refractivity contribution in [1.82, 2.24) is 0 Å². The van der Waals surface area contributed by atoms with Crippen molar-refractivity contribution in [3.63, 3.8) is 0 Å². The normalized spacial score (nSPS) is 20.7. The Labute approximate surface area is 162 Å². The molecule has 0 amide bonds. The summed E-state index contributed by atoms with van der Waals surface area (Å²) in [7, 11) is 0. The quantitative estimate of drug-likeness (QED) is 0.320. The smallest absolute Gasteiger partial charge is 0.311 e. The number of esters is 1. The molecule has 0 aromatic heterocycles. The topological polar surface area (TPSA) is 60.4 Å². The molecule has 0 N–H and O–H groups in total. The Morgan fingerprint density at radius 1 is 1.07 bits per heavy atom. The number of hydrogen-bond donors (Lipinski definition) is 0. The van der Waals surface area contributed by atoms with Crippen molar-refractivity contribution >= 4 is 18.0 Å². The summed E-state index contributed by atoms with van der Waals surface area (Å²) in [4.78, 5) is 34.9. The predicted octanol–water partition coefficient (Wildman–Crippen LogP) is 5.24. The highest BCUT2D eigenvalue weighted by molar-refractivity contribution is 5.77. The Morgan fingerprint density at radius 3 is 2.30 bits per heavy atom. The molecular weight excluding hydrogens is 340 g/mol. The molecule has 2 rings (SSSR count). The van der Waals surface area contributed by atoms with E-state index in [-0.39, 0.29) is 11.9 Å². The Balaban J connectivity index is 1.89. The molecule has 0 bridgehead atoms. The van der Waals surface area contributed by atoms with Gasteiger partial charge in [0.05, 0.1) is 0 Å². The van der Waals surface area contributed by atoms with E-state index in [0.29, 0.717) is 42.6 Å². The number of rotatable bonds is 10. The van der Waals surface area contributed by atoms with E-state index in [1.165, 1.54) is 0 Å². The highest BCUT2D eigenvalue weighted by Crippen LogP contribution is 2.39. The number of ether oxygens (including phenoxy) is 1. The van der Waals surface area contributed by atoms with Crippen molar-refractivity contribution in [2.75, 3.05) is 0 Å². The largest absolute Gasteiger partial charge is 0.427 e. The summed E-state index contributed by atoms with van der Waals surface area (Å²) < 4.78 is 5.28. The number of ketones is 1. The second-order valence-electron chi connectivity index (χ2n) is 7.67.